The average Bonchev–Trinajstić information content (AvgIpc) is 2.55. The number of carbonyl (C=O) groups excluding carboxylic acids is 1. The number of fused-ring (bicyclic) bond motifs is 1. The SMILES string of the molecule is O=C(NC1(C(=O)O)CCSCC1)C1OCCc2ccccc21. The van der Waals surface area contributed by atoms with Crippen LogP contribution in [0.3, 0.4) is 0 Å². The third-order valence-electron chi connectivity index (χ3n) is 4.35. The fourth-order valence-corrected chi connectivity index (χ4v) is 4.21. The van der Waals surface area contributed by atoms with Gasteiger partial charge in [-0.25, -0.2) is 4.79 Å². The highest BCUT2D eigenvalue weighted by Crippen LogP contribution is 2.31. The number of carbonyl (C=O) groups is 2. The molecule has 0 aliphatic carbocycles. The molecule has 2 N–H and O–H groups in total. The van der Waals surface area contributed by atoms with E-state index in [-0.39, 0.29) is 5.91 Å². The van der Waals surface area contributed by atoms with Gasteiger partial charge in [-0.05, 0) is 41.9 Å². The fraction of sp³-hybridized carbons (Fsp3) is 0.500. The second-order valence-electron chi connectivity index (χ2n) is 5.69. The van der Waals surface area contributed by atoms with E-state index >= 15 is 0 Å². The Labute approximate surface area is 133 Å². The topological polar surface area (TPSA) is 75.6 Å². The van der Waals surface area contributed by atoms with Gasteiger partial charge in [0.1, 0.15) is 5.54 Å². The molecule has 22 heavy (non-hydrogen) atoms. The summed E-state index contributed by atoms with van der Waals surface area (Å²) in [6, 6.07) is 7.68. The zero-order chi connectivity index (χ0) is 15.6. The highest BCUT2D eigenvalue weighted by Gasteiger charge is 2.43. The van der Waals surface area contributed by atoms with Crippen molar-refractivity contribution in [1.29, 1.82) is 0 Å². The average molecular weight is 321 g/mol. The number of carboxylic acid groups (broad SMARTS) is 1. The molecule has 0 bridgehead atoms. The Morgan fingerprint density at radius 3 is 2.73 bits per heavy atom. The fourth-order valence-electron chi connectivity index (χ4n) is 3.02. The molecule has 118 valence electrons. The lowest BCUT2D eigenvalue weighted by Gasteiger charge is -2.35. The van der Waals surface area contributed by atoms with E-state index in [2.05, 4.69) is 5.32 Å². The number of rotatable bonds is 3. The van der Waals surface area contributed by atoms with Gasteiger partial charge in [0.15, 0.2) is 6.10 Å². The Hall–Kier alpha value is -1.53. The number of hydrogen-bond donors (Lipinski definition) is 2. The number of hydrogen-bond acceptors (Lipinski definition) is 4. The second-order valence-corrected chi connectivity index (χ2v) is 6.91. The lowest BCUT2D eigenvalue weighted by atomic mass is 9.90. The van der Waals surface area contributed by atoms with E-state index in [0.717, 1.165) is 29.1 Å². The van der Waals surface area contributed by atoms with Crippen molar-refractivity contribution in [3.8, 4) is 0 Å². The first-order valence-corrected chi connectivity index (χ1v) is 8.60. The summed E-state index contributed by atoms with van der Waals surface area (Å²) in [7, 11) is 0. The number of benzene rings is 1. The first-order chi connectivity index (χ1) is 10.6. The van der Waals surface area contributed by atoms with Crippen molar-refractivity contribution >= 4 is 23.6 Å². The summed E-state index contributed by atoms with van der Waals surface area (Å²) in [6.07, 6.45) is 0.969. The molecule has 6 heteroatoms. The molecule has 1 aromatic carbocycles. The van der Waals surface area contributed by atoms with Crippen LogP contribution in [-0.4, -0.2) is 40.6 Å². The van der Waals surface area contributed by atoms with Crippen molar-refractivity contribution in [2.45, 2.75) is 30.9 Å². The summed E-state index contributed by atoms with van der Waals surface area (Å²) < 4.78 is 5.62. The van der Waals surface area contributed by atoms with Gasteiger partial charge in [-0.15, -0.1) is 0 Å². The predicted molar refractivity (Wildman–Crippen MR) is 83.9 cm³/mol. The van der Waals surface area contributed by atoms with Gasteiger partial charge >= 0.3 is 5.97 Å². The predicted octanol–water partition coefficient (Wildman–Crippen LogP) is 1.77. The zero-order valence-corrected chi connectivity index (χ0v) is 13.0. The molecule has 0 aromatic heterocycles. The molecule has 1 aromatic rings. The number of nitrogens with one attached hydrogen (secondary N) is 1. The molecule has 1 fully saturated rings. The molecule has 1 amide bonds. The molecule has 2 aliphatic rings. The van der Waals surface area contributed by atoms with Gasteiger partial charge in [0, 0.05) is 0 Å². The van der Waals surface area contributed by atoms with Crippen LogP contribution in [0.1, 0.15) is 30.1 Å². The number of thioether (sulfide) groups is 1. The van der Waals surface area contributed by atoms with Gasteiger partial charge in [0.05, 0.1) is 6.61 Å². The molecule has 2 heterocycles. The van der Waals surface area contributed by atoms with Crippen molar-refractivity contribution < 1.29 is 19.4 Å². The van der Waals surface area contributed by atoms with Gasteiger partial charge in [-0.1, -0.05) is 24.3 Å². The molecule has 1 unspecified atom stereocenters. The summed E-state index contributed by atoms with van der Waals surface area (Å²) in [6.45, 7) is 0.477. The minimum absolute atomic E-state index is 0.346. The highest BCUT2D eigenvalue weighted by atomic mass is 32.2. The van der Waals surface area contributed by atoms with Crippen molar-refractivity contribution in [3.63, 3.8) is 0 Å². The largest absolute Gasteiger partial charge is 0.480 e. The summed E-state index contributed by atoms with van der Waals surface area (Å²) in [4.78, 5) is 24.3. The third-order valence-corrected chi connectivity index (χ3v) is 5.34. The van der Waals surface area contributed by atoms with E-state index in [1.165, 1.54) is 0 Å². The maximum atomic E-state index is 12.6. The van der Waals surface area contributed by atoms with E-state index in [1.54, 1.807) is 11.8 Å². The number of ether oxygens (including phenoxy) is 1. The molecular weight excluding hydrogens is 302 g/mol. The molecule has 0 saturated carbocycles. The smallest absolute Gasteiger partial charge is 0.329 e. The lowest BCUT2D eigenvalue weighted by Crippen LogP contribution is -2.57. The second kappa shape index (κ2) is 6.30. The van der Waals surface area contributed by atoms with Gasteiger partial charge in [0.2, 0.25) is 0 Å². The van der Waals surface area contributed by atoms with Crippen LogP contribution in [0.5, 0.6) is 0 Å². The number of aliphatic carboxylic acids is 1. The maximum absolute atomic E-state index is 12.6. The van der Waals surface area contributed by atoms with Crippen LogP contribution in [0.15, 0.2) is 24.3 Å². The molecule has 0 radical (unpaired) electrons. The standard InChI is InChI=1S/C16H19NO4S/c18-14(17-16(15(19)20)6-9-22-10-7-16)13-12-4-2-1-3-11(12)5-8-21-13/h1-4,13H,5-10H2,(H,17,18)(H,19,20). The molecule has 2 aliphatic heterocycles. The van der Waals surface area contributed by atoms with Crippen LogP contribution in [0.25, 0.3) is 0 Å². The first kappa shape index (κ1) is 15.4. The lowest BCUT2D eigenvalue weighted by molar-refractivity contribution is -0.151. The Morgan fingerprint density at radius 2 is 2.00 bits per heavy atom. The summed E-state index contributed by atoms with van der Waals surface area (Å²) in [5.74, 6) is 0.190. The van der Waals surface area contributed by atoms with Crippen LogP contribution < -0.4 is 5.32 Å². The van der Waals surface area contributed by atoms with E-state index in [4.69, 9.17) is 4.74 Å². The first-order valence-electron chi connectivity index (χ1n) is 7.45. The molecular formula is C16H19NO4S. The monoisotopic (exact) mass is 321 g/mol. The van der Waals surface area contributed by atoms with E-state index in [1.807, 2.05) is 24.3 Å². The van der Waals surface area contributed by atoms with Gasteiger partial charge < -0.3 is 15.2 Å². The summed E-state index contributed by atoms with van der Waals surface area (Å²) in [5, 5.41) is 12.3. The van der Waals surface area contributed by atoms with E-state index in [0.29, 0.717) is 19.4 Å². The Balaban J connectivity index is 1.81. The molecule has 0 spiro atoms. The minimum Gasteiger partial charge on any atom is -0.480 e. The van der Waals surface area contributed by atoms with Gasteiger partial charge in [0.25, 0.3) is 5.91 Å². The van der Waals surface area contributed by atoms with Crippen molar-refractivity contribution in [2.75, 3.05) is 18.1 Å². The Morgan fingerprint density at radius 1 is 1.27 bits per heavy atom. The van der Waals surface area contributed by atoms with Crippen LogP contribution in [0, 0.1) is 0 Å². The molecule has 1 saturated heterocycles. The van der Waals surface area contributed by atoms with Crippen molar-refractivity contribution in [2.24, 2.45) is 0 Å². The Kier molecular flexibility index (Phi) is 4.40. The van der Waals surface area contributed by atoms with Crippen molar-refractivity contribution in [3.05, 3.63) is 35.4 Å². The van der Waals surface area contributed by atoms with Crippen LogP contribution in [-0.2, 0) is 20.7 Å². The van der Waals surface area contributed by atoms with Gasteiger partial charge in [-0.2, -0.15) is 11.8 Å². The quantitative estimate of drug-likeness (QED) is 0.887. The Bertz CT molecular complexity index is 583. The molecule has 5 nitrogen and oxygen atoms in total. The van der Waals surface area contributed by atoms with Crippen LogP contribution in [0.2, 0.25) is 0 Å². The van der Waals surface area contributed by atoms with E-state index in [9.17, 15) is 14.7 Å². The third kappa shape index (κ3) is 2.85. The van der Waals surface area contributed by atoms with Crippen molar-refractivity contribution in [1.82, 2.24) is 5.32 Å². The summed E-state index contributed by atoms with van der Waals surface area (Å²) in [5.41, 5.74) is 0.785. The number of amides is 1. The minimum atomic E-state index is -1.15. The number of carboxylic acids is 1. The summed E-state index contributed by atoms with van der Waals surface area (Å²) >= 11 is 1.72. The normalized spacial score (nSPS) is 23.4. The highest BCUT2D eigenvalue weighted by molar-refractivity contribution is 7.99. The maximum Gasteiger partial charge on any atom is 0.329 e. The molecule has 3 rings (SSSR count). The molecule has 1 atom stereocenters. The van der Waals surface area contributed by atoms with Gasteiger partial charge in [-0.3, -0.25) is 4.79 Å². The van der Waals surface area contributed by atoms with Crippen LogP contribution >= 0.6 is 11.8 Å². The van der Waals surface area contributed by atoms with E-state index < -0.39 is 17.6 Å². The zero-order valence-electron chi connectivity index (χ0n) is 12.2. The van der Waals surface area contributed by atoms with Crippen LogP contribution in [0.4, 0.5) is 0 Å².